The molecule has 0 radical (unpaired) electrons. The molecule has 6 nitrogen and oxygen atoms in total. The molecule has 0 spiro atoms. The zero-order chi connectivity index (χ0) is 12.7. The number of carbonyl (C=O) groups excluding carboxylic acids is 2. The van der Waals surface area contributed by atoms with Crippen LogP contribution in [-0.2, 0) is 9.59 Å². The van der Waals surface area contributed by atoms with Crippen LogP contribution >= 0.6 is 0 Å². The number of hydrogen-bond donors (Lipinski definition) is 3. The summed E-state index contributed by atoms with van der Waals surface area (Å²) in [5.74, 6) is -0.814. The minimum absolute atomic E-state index is 0.0714. The van der Waals surface area contributed by atoms with E-state index in [0.29, 0.717) is 5.69 Å². The fraction of sp³-hybridized carbons (Fsp3) is 0.364. The summed E-state index contributed by atoms with van der Waals surface area (Å²) in [4.78, 5) is 26.6. The van der Waals surface area contributed by atoms with Gasteiger partial charge >= 0.3 is 0 Å². The van der Waals surface area contributed by atoms with Gasteiger partial charge in [-0.05, 0) is 12.1 Å². The number of hydrogen-bond acceptors (Lipinski definition) is 4. The predicted molar refractivity (Wildman–Crippen MR) is 64.1 cm³/mol. The van der Waals surface area contributed by atoms with E-state index in [1.165, 1.54) is 6.20 Å². The summed E-state index contributed by atoms with van der Waals surface area (Å²) in [5.41, 5.74) is 5.93. The number of rotatable bonds is 5. The van der Waals surface area contributed by atoms with Gasteiger partial charge in [-0.15, -0.1) is 0 Å². The van der Waals surface area contributed by atoms with Crippen molar-refractivity contribution in [3.8, 4) is 0 Å². The molecule has 1 aromatic heterocycles. The quantitative estimate of drug-likeness (QED) is 0.655. The van der Waals surface area contributed by atoms with E-state index in [1.54, 1.807) is 25.3 Å². The molecule has 17 heavy (non-hydrogen) atoms. The van der Waals surface area contributed by atoms with E-state index in [4.69, 9.17) is 5.73 Å². The normalized spacial score (nSPS) is 11.6. The summed E-state index contributed by atoms with van der Waals surface area (Å²) in [6, 6.07) is 3.43. The lowest BCUT2D eigenvalue weighted by Crippen LogP contribution is -2.38. The topological polar surface area (TPSA) is 97.1 Å². The van der Waals surface area contributed by atoms with Gasteiger partial charge in [-0.1, -0.05) is 6.92 Å². The Labute approximate surface area is 99.6 Å². The van der Waals surface area contributed by atoms with E-state index in [2.05, 4.69) is 15.6 Å². The van der Waals surface area contributed by atoms with Crippen LogP contribution in [-0.4, -0.2) is 29.9 Å². The van der Waals surface area contributed by atoms with Crippen LogP contribution in [0.3, 0.4) is 0 Å². The van der Waals surface area contributed by atoms with Crippen molar-refractivity contribution in [1.82, 2.24) is 10.3 Å². The van der Waals surface area contributed by atoms with Crippen molar-refractivity contribution in [3.05, 3.63) is 24.5 Å². The molecule has 0 aliphatic rings. The zero-order valence-corrected chi connectivity index (χ0v) is 9.64. The highest BCUT2D eigenvalue weighted by Gasteiger charge is 2.11. The molecule has 0 saturated carbocycles. The van der Waals surface area contributed by atoms with Gasteiger partial charge in [0.1, 0.15) is 0 Å². The second-order valence-corrected chi connectivity index (χ2v) is 3.64. The van der Waals surface area contributed by atoms with Gasteiger partial charge in [0.25, 0.3) is 0 Å². The molecule has 1 unspecified atom stereocenters. The molecule has 0 bridgehead atoms. The fourth-order valence-corrected chi connectivity index (χ4v) is 1.09. The van der Waals surface area contributed by atoms with Gasteiger partial charge < -0.3 is 16.4 Å². The number of amides is 2. The van der Waals surface area contributed by atoms with E-state index in [-0.39, 0.29) is 30.8 Å². The van der Waals surface area contributed by atoms with Crippen LogP contribution in [0.15, 0.2) is 24.5 Å². The molecule has 0 saturated heterocycles. The van der Waals surface area contributed by atoms with Gasteiger partial charge in [0.05, 0.1) is 18.4 Å². The predicted octanol–water partition coefficient (Wildman–Crippen LogP) is -0.269. The Hall–Kier alpha value is -1.95. The molecule has 2 amide bonds. The van der Waals surface area contributed by atoms with Crippen molar-refractivity contribution in [1.29, 1.82) is 0 Å². The Kier molecular flexibility index (Phi) is 5.09. The number of pyridine rings is 1. The van der Waals surface area contributed by atoms with Crippen LogP contribution in [0, 0.1) is 5.92 Å². The number of anilines is 1. The third-order valence-electron chi connectivity index (χ3n) is 2.17. The molecule has 6 heteroatoms. The van der Waals surface area contributed by atoms with Crippen LogP contribution < -0.4 is 16.4 Å². The molecule has 0 fully saturated rings. The number of nitrogens with zero attached hydrogens (tertiary/aromatic N) is 1. The number of carbonyl (C=O) groups is 2. The third-order valence-corrected chi connectivity index (χ3v) is 2.17. The van der Waals surface area contributed by atoms with E-state index >= 15 is 0 Å². The monoisotopic (exact) mass is 236 g/mol. The summed E-state index contributed by atoms with van der Waals surface area (Å²) < 4.78 is 0. The third kappa shape index (κ3) is 4.60. The summed E-state index contributed by atoms with van der Waals surface area (Å²) in [7, 11) is 0. The largest absolute Gasteiger partial charge is 0.347 e. The Morgan fingerprint density at radius 2 is 2.29 bits per heavy atom. The summed E-state index contributed by atoms with van der Waals surface area (Å²) in [6.45, 7) is 1.89. The summed E-state index contributed by atoms with van der Waals surface area (Å²) in [5, 5.41) is 5.11. The van der Waals surface area contributed by atoms with E-state index in [0.717, 1.165) is 0 Å². The molecule has 1 heterocycles. The lowest BCUT2D eigenvalue weighted by molar-refractivity contribution is -0.126. The number of nitrogens with one attached hydrogen (secondary N) is 2. The van der Waals surface area contributed by atoms with Crippen LogP contribution in [0.1, 0.15) is 6.92 Å². The molecule has 1 atom stereocenters. The van der Waals surface area contributed by atoms with Gasteiger partial charge in [-0.2, -0.15) is 0 Å². The zero-order valence-electron chi connectivity index (χ0n) is 9.64. The first-order valence-electron chi connectivity index (χ1n) is 5.31. The van der Waals surface area contributed by atoms with Crippen LogP contribution in [0.25, 0.3) is 0 Å². The maximum absolute atomic E-state index is 11.4. The first kappa shape index (κ1) is 13.1. The number of aromatic nitrogens is 1. The highest BCUT2D eigenvalue weighted by atomic mass is 16.2. The van der Waals surface area contributed by atoms with Crippen molar-refractivity contribution in [3.63, 3.8) is 0 Å². The van der Waals surface area contributed by atoms with Crippen molar-refractivity contribution in [2.45, 2.75) is 6.92 Å². The molecule has 0 aliphatic carbocycles. The Bertz CT molecular complexity index is 380. The average molecular weight is 236 g/mol. The summed E-state index contributed by atoms with van der Waals surface area (Å²) in [6.07, 6.45) is 3.14. The highest BCUT2D eigenvalue weighted by Crippen LogP contribution is 2.01. The maximum Gasteiger partial charge on any atom is 0.243 e. The molecular weight excluding hydrogens is 220 g/mol. The average Bonchev–Trinajstić information content (AvgIpc) is 2.36. The highest BCUT2D eigenvalue weighted by molar-refractivity contribution is 5.94. The Morgan fingerprint density at radius 1 is 1.53 bits per heavy atom. The number of nitrogens with two attached hydrogens (primary N) is 1. The molecule has 92 valence electrons. The second-order valence-electron chi connectivity index (χ2n) is 3.64. The van der Waals surface area contributed by atoms with Gasteiger partial charge in [0.15, 0.2) is 0 Å². The molecular formula is C11H16N4O2. The van der Waals surface area contributed by atoms with Gasteiger partial charge in [0.2, 0.25) is 11.8 Å². The smallest absolute Gasteiger partial charge is 0.243 e. The minimum Gasteiger partial charge on any atom is -0.347 e. The lowest BCUT2D eigenvalue weighted by atomic mass is 10.2. The Morgan fingerprint density at radius 3 is 2.88 bits per heavy atom. The second kappa shape index (κ2) is 6.59. The van der Waals surface area contributed by atoms with E-state index in [1.807, 2.05) is 0 Å². The lowest BCUT2D eigenvalue weighted by Gasteiger charge is -2.09. The SMILES string of the molecule is CC(CN)C(=O)NCC(=O)Nc1cccnc1. The standard InChI is InChI=1S/C11H16N4O2/c1-8(5-12)11(17)14-7-10(16)15-9-3-2-4-13-6-9/h2-4,6,8H,5,7,12H2,1H3,(H,14,17)(H,15,16). The van der Waals surface area contributed by atoms with Crippen LogP contribution in [0.2, 0.25) is 0 Å². The molecule has 1 aromatic rings. The first-order chi connectivity index (χ1) is 8.13. The van der Waals surface area contributed by atoms with E-state index in [9.17, 15) is 9.59 Å². The Balaban J connectivity index is 2.34. The van der Waals surface area contributed by atoms with Crippen LogP contribution in [0.4, 0.5) is 5.69 Å². The van der Waals surface area contributed by atoms with Crippen LogP contribution in [0.5, 0.6) is 0 Å². The summed E-state index contributed by atoms with van der Waals surface area (Å²) >= 11 is 0. The van der Waals surface area contributed by atoms with Crippen molar-refractivity contribution in [2.75, 3.05) is 18.4 Å². The van der Waals surface area contributed by atoms with Gasteiger partial charge in [-0.25, -0.2) is 0 Å². The molecule has 0 aliphatic heterocycles. The fourth-order valence-electron chi connectivity index (χ4n) is 1.09. The molecule has 1 rings (SSSR count). The van der Waals surface area contributed by atoms with Crippen molar-refractivity contribution in [2.24, 2.45) is 11.7 Å². The van der Waals surface area contributed by atoms with Crippen molar-refractivity contribution < 1.29 is 9.59 Å². The van der Waals surface area contributed by atoms with Crippen molar-refractivity contribution >= 4 is 17.5 Å². The molecule has 4 N–H and O–H groups in total. The maximum atomic E-state index is 11.4. The van der Waals surface area contributed by atoms with Gasteiger partial charge in [-0.3, -0.25) is 14.6 Å². The minimum atomic E-state index is -0.296. The first-order valence-corrected chi connectivity index (χ1v) is 5.31. The van der Waals surface area contributed by atoms with E-state index < -0.39 is 0 Å². The van der Waals surface area contributed by atoms with Gasteiger partial charge in [0, 0.05) is 18.7 Å². The molecule has 0 aromatic carbocycles.